The highest BCUT2D eigenvalue weighted by molar-refractivity contribution is 6.01. The smallest absolute Gasteiger partial charge is 0.375 e. The van der Waals surface area contributed by atoms with E-state index < -0.39 is 69.9 Å². The number of carbonyl (C=O) groups excluding carboxylic acids is 3. The van der Waals surface area contributed by atoms with Crippen LogP contribution in [0.15, 0.2) is 46.6 Å². The molecule has 36 heavy (non-hydrogen) atoms. The van der Waals surface area contributed by atoms with Crippen LogP contribution in [0, 0.1) is 28.6 Å². The number of furan rings is 1. The quantitative estimate of drug-likeness (QED) is 0.623. The lowest BCUT2D eigenvalue weighted by Crippen LogP contribution is -2.71. The number of aliphatic hydroxyl groups is 1. The number of hydrogen-bond acceptors (Lipinski definition) is 7. The monoisotopic (exact) mass is 504 g/mol. The Morgan fingerprint density at radius 3 is 2.58 bits per heavy atom. The second-order valence-electron chi connectivity index (χ2n) is 11.1. The normalized spacial score (nSPS) is 45.2. The molecule has 9 heteroatoms. The molecule has 7 nitrogen and oxygen atoms in total. The van der Waals surface area contributed by atoms with Gasteiger partial charge in [0.2, 0.25) is 11.4 Å². The summed E-state index contributed by atoms with van der Waals surface area (Å²) in [6.07, 6.45) is 1.47. The molecular formula is C27H30F2O7. The predicted molar refractivity (Wildman–Crippen MR) is 122 cm³/mol. The molecule has 0 bridgehead atoms. The van der Waals surface area contributed by atoms with E-state index in [-0.39, 0.29) is 30.6 Å². The summed E-state index contributed by atoms with van der Waals surface area (Å²) >= 11 is 0. The summed E-state index contributed by atoms with van der Waals surface area (Å²) in [4.78, 5) is 38.4. The second kappa shape index (κ2) is 7.84. The Kier molecular flexibility index (Phi) is 5.42. The van der Waals surface area contributed by atoms with Gasteiger partial charge in [-0.1, -0.05) is 19.9 Å². The van der Waals surface area contributed by atoms with E-state index in [1.54, 1.807) is 13.8 Å². The summed E-state index contributed by atoms with van der Waals surface area (Å²) in [7, 11) is 1.17. The molecule has 4 aliphatic carbocycles. The molecule has 5 rings (SSSR count). The summed E-state index contributed by atoms with van der Waals surface area (Å²) < 4.78 is 49.1. The van der Waals surface area contributed by atoms with Crippen LogP contribution in [0.2, 0.25) is 0 Å². The Labute approximate surface area is 207 Å². The minimum Gasteiger partial charge on any atom is -0.466 e. The van der Waals surface area contributed by atoms with Crippen molar-refractivity contribution in [3.63, 3.8) is 0 Å². The molecule has 1 aromatic rings. The molecule has 0 unspecified atom stereocenters. The molecule has 0 radical (unpaired) electrons. The van der Waals surface area contributed by atoms with Gasteiger partial charge in [-0.3, -0.25) is 4.79 Å². The van der Waals surface area contributed by atoms with Gasteiger partial charge >= 0.3 is 11.9 Å². The van der Waals surface area contributed by atoms with Crippen LogP contribution in [-0.2, 0) is 19.1 Å². The molecule has 1 aromatic heterocycles. The predicted octanol–water partition coefficient (Wildman–Crippen LogP) is 3.91. The van der Waals surface area contributed by atoms with E-state index >= 15 is 8.78 Å². The fourth-order valence-corrected chi connectivity index (χ4v) is 7.96. The highest BCUT2D eigenvalue weighted by Gasteiger charge is 2.78. The first kappa shape index (κ1) is 24.9. The number of alkyl halides is 2. The number of ether oxygens (including phenoxy) is 2. The summed E-state index contributed by atoms with van der Waals surface area (Å²) in [5.41, 5.74) is -6.97. The SMILES string of the molecule is COC(=O)[C@@]1(OC(=O)c2ccco2)[C@H](C)C[C@H]2[C@@H]3C[C@H](F)C4=CC(=O)C=C[C@]4(C)[C@@]3(F)[C@@H](O)C[C@@]21C. The van der Waals surface area contributed by atoms with Gasteiger partial charge in [-0.05, 0) is 62.0 Å². The first-order valence-electron chi connectivity index (χ1n) is 12.2. The Morgan fingerprint density at radius 2 is 1.94 bits per heavy atom. The Hall–Kier alpha value is -2.81. The van der Waals surface area contributed by atoms with Crippen molar-refractivity contribution in [1.29, 1.82) is 0 Å². The maximum absolute atomic E-state index is 17.3. The molecule has 3 saturated carbocycles. The number of halogens is 2. The zero-order valence-corrected chi connectivity index (χ0v) is 20.6. The van der Waals surface area contributed by atoms with Gasteiger partial charge < -0.3 is 19.0 Å². The van der Waals surface area contributed by atoms with Crippen molar-refractivity contribution >= 4 is 17.7 Å². The van der Waals surface area contributed by atoms with Crippen LogP contribution in [-0.4, -0.2) is 53.5 Å². The molecule has 3 fully saturated rings. The van der Waals surface area contributed by atoms with Crippen molar-refractivity contribution in [2.75, 3.05) is 7.11 Å². The molecule has 0 amide bonds. The number of hydrogen-bond donors (Lipinski definition) is 1. The van der Waals surface area contributed by atoms with Crippen molar-refractivity contribution < 1.29 is 42.2 Å². The molecule has 9 atom stereocenters. The summed E-state index contributed by atoms with van der Waals surface area (Å²) in [5.74, 6) is -4.52. The molecule has 0 aliphatic heterocycles. The summed E-state index contributed by atoms with van der Waals surface area (Å²) in [6.45, 7) is 4.90. The minimum absolute atomic E-state index is 0.0194. The van der Waals surface area contributed by atoms with Crippen LogP contribution >= 0.6 is 0 Å². The van der Waals surface area contributed by atoms with Crippen LogP contribution in [0.1, 0.15) is 50.6 Å². The highest BCUT2D eigenvalue weighted by atomic mass is 19.1. The first-order valence-corrected chi connectivity index (χ1v) is 12.2. The van der Waals surface area contributed by atoms with E-state index in [9.17, 15) is 19.5 Å². The Morgan fingerprint density at radius 1 is 1.22 bits per heavy atom. The molecule has 1 N–H and O–H groups in total. The van der Waals surface area contributed by atoms with Crippen molar-refractivity contribution in [1.82, 2.24) is 0 Å². The maximum Gasteiger partial charge on any atom is 0.375 e. The van der Waals surface area contributed by atoms with E-state index in [0.717, 1.165) is 6.08 Å². The first-order chi connectivity index (χ1) is 16.9. The second-order valence-corrected chi connectivity index (χ2v) is 11.1. The lowest BCUT2D eigenvalue weighted by Gasteiger charge is -2.63. The molecule has 194 valence electrons. The number of fused-ring (bicyclic) bond motifs is 5. The maximum atomic E-state index is 17.3. The number of aliphatic hydroxyl groups excluding tert-OH is 1. The molecule has 1 heterocycles. The van der Waals surface area contributed by atoms with Crippen LogP contribution in [0.25, 0.3) is 0 Å². The summed E-state index contributed by atoms with van der Waals surface area (Å²) in [6, 6.07) is 2.90. The van der Waals surface area contributed by atoms with E-state index in [1.807, 2.05) is 0 Å². The van der Waals surface area contributed by atoms with Crippen LogP contribution < -0.4 is 0 Å². The number of ketones is 1. The fourth-order valence-electron chi connectivity index (χ4n) is 7.96. The molecule has 4 aliphatic rings. The lowest BCUT2D eigenvalue weighted by molar-refractivity contribution is -0.230. The van der Waals surface area contributed by atoms with E-state index in [4.69, 9.17) is 13.9 Å². The van der Waals surface area contributed by atoms with Crippen LogP contribution in [0.3, 0.4) is 0 Å². The zero-order chi connectivity index (χ0) is 26.3. The number of rotatable bonds is 3. The number of esters is 2. The van der Waals surface area contributed by atoms with Crippen LogP contribution in [0.5, 0.6) is 0 Å². The molecule has 0 aromatic carbocycles. The standard InChI is InChI=1S/C27H30F2O7/c1-14-10-16-17-12-19(28)18-11-15(30)7-8-24(18,2)26(17,29)21(31)13-25(16,3)27(14,23(33)34-4)36-22(32)20-6-5-9-35-20/h5-9,11,14,16-17,19,21,31H,10,12-13H2,1-4H3/t14-,16+,17+,19+,21+,24+,25+,26+,27+/m1/s1. The van der Waals surface area contributed by atoms with Crippen molar-refractivity contribution in [2.45, 2.75) is 63.6 Å². The van der Waals surface area contributed by atoms with E-state index in [0.29, 0.717) is 0 Å². The van der Waals surface area contributed by atoms with Gasteiger partial charge in [0, 0.05) is 22.7 Å². The summed E-state index contributed by atoms with van der Waals surface area (Å²) in [5, 5.41) is 11.5. The third-order valence-corrected chi connectivity index (χ3v) is 9.63. The average Bonchev–Trinajstić information content (AvgIpc) is 3.44. The van der Waals surface area contributed by atoms with Gasteiger partial charge in [0.15, 0.2) is 11.5 Å². The van der Waals surface area contributed by atoms with Gasteiger partial charge in [-0.15, -0.1) is 0 Å². The van der Waals surface area contributed by atoms with Gasteiger partial charge in [0.25, 0.3) is 0 Å². The third kappa shape index (κ3) is 2.83. The fraction of sp³-hybridized carbons (Fsp3) is 0.593. The third-order valence-electron chi connectivity index (χ3n) is 9.63. The van der Waals surface area contributed by atoms with E-state index in [1.165, 1.54) is 44.6 Å². The number of carbonyl (C=O) groups is 3. The van der Waals surface area contributed by atoms with Crippen LogP contribution in [0.4, 0.5) is 8.78 Å². The molecule has 0 spiro atoms. The van der Waals surface area contributed by atoms with E-state index in [2.05, 4.69) is 0 Å². The Bertz CT molecular complexity index is 1170. The Balaban J connectivity index is 1.64. The molecule has 0 saturated heterocycles. The topological polar surface area (TPSA) is 103 Å². The number of methoxy groups -OCH3 is 1. The van der Waals surface area contributed by atoms with Crippen molar-refractivity contribution in [3.8, 4) is 0 Å². The van der Waals surface area contributed by atoms with Gasteiger partial charge in [-0.25, -0.2) is 18.4 Å². The number of allylic oxidation sites excluding steroid dienone is 4. The highest BCUT2D eigenvalue weighted by Crippen LogP contribution is 2.71. The van der Waals surface area contributed by atoms with Crippen molar-refractivity contribution in [3.05, 3.63) is 48.0 Å². The van der Waals surface area contributed by atoms with Gasteiger partial charge in [0.1, 0.15) is 6.17 Å². The minimum atomic E-state index is -2.31. The largest absolute Gasteiger partial charge is 0.466 e. The van der Waals surface area contributed by atoms with Gasteiger partial charge in [-0.2, -0.15) is 0 Å². The molecular weight excluding hydrogens is 474 g/mol. The van der Waals surface area contributed by atoms with Crippen molar-refractivity contribution in [2.24, 2.45) is 28.6 Å². The van der Waals surface area contributed by atoms with Gasteiger partial charge in [0.05, 0.1) is 19.5 Å². The zero-order valence-electron chi connectivity index (χ0n) is 20.6. The lowest BCUT2D eigenvalue weighted by atomic mass is 9.44. The average molecular weight is 505 g/mol.